The first kappa shape index (κ1) is 11.7. The van der Waals surface area contributed by atoms with Crippen molar-refractivity contribution in [2.75, 3.05) is 0 Å². The molecule has 0 spiro atoms. The molecular formula is C17H15NO. The van der Waals surface area contributed by atoms with E-state index in [-0.39, 0.29) is 0 Å². The first-order valence-corrected chi connectivity index (χ1v) is 6.35. The summed E-state index contributed by atoms with van der Waals surface area (Å²) >= 11 is 0. The summed E-state index contributed by atoms with van der Waals surface area (Å²) in [6, 6.07) is 18.2. The molecule has 2 nitrogen and oxygen atoms in total. The van der Waals surface area contributed by atoms with Crippen molar-refractivity contribution in [3.05, 3.63) is 71.9 Å². The highest BCUT2D eigenvalue weighted by molar-refractivity contribution is 5.81. The summed E-state index contributed by atoms with van der Waals surface area (Å²) in [6.07, 6.45) is 1.83. The molecule has 2 aromatic carbocycles. The molecule has 3 rings (SSSR count). The van der Waals surface area contributed by atoms with Crippen molar-refractivity contribution in [3.8, 4) is 5.75 Å². The lowest BCUT2D eigenvalue weighted by atomic mass is 10.1. The molecule has 94 valence electrons. The van der Waals surface area contributed by atoms with Gasteiger partial charge in [0.15, 0.2) is 0 Å². The molecule has 19 heavy (non-hydrogen) atoms. The van der Waals surface area contributed by atoms with Gasteiger partial charge in [0.05, 0.1) is 5.52 Å². The summed E-state index contributed by atoms with van der Waals surface area (Å²) in [7, 11) is 0. The van der Waals surface area contributed by atoms with Gasteiger partial charge in [0.2, 0.25) is 0 Å². The highest BCUT2D eigenvalue weighted by atomic mass is 16.5. The van der Waals surface area contributed by atoms with E-state index in [1.165, 1.54) is 5.56 Å². The van der Waals surface area contributed by atoms with Crippen molar-refractivity contribution in [1.82, 2.24) is 4.98 Å². The minimum Gasteiger partial charge on any atom is -0.489 e. The Balaban J connectivity index is 1.86. The first-order valence-electron chi connectivity index (χ1n) is 6.35. The normalized spacial score (nSPS) is 10.6. The molecule has 0 amide bonds. The van der Waals surface area contributed by atoms with Crippen LogP contribution in [0.5, 0.6) is 5.75 Å². The molecule has 0 atom stereocenters. The van der Waals surface area contributed by atoms with Crippen molar-refractivity contribution in [1.29, 1.82) is 0 Å². The smallest absolute Gasteiger partial charge is 0.120 e. The fraction of sp³-hybridized carbons (Fsp3) is 0.118. The van der Waals surface area contributed by atoms with Crippen molar-refractivity contribution in [2.24, 2.45) is 0 Å². The number of rotatable bonds is 3. The van der Waals surface area contributed by atoms with Gasteiger partial charge in [0.1, 0.15) is 12.4 Å². The predicted molar refractivity (Wildman–Crippen MR) is 77.3 cm³/mol. The third-order valence-electron chi connectivity index (χ3n) is 3.12. The Morgan fingerprint density at radius 2 is 1.89 bits per heavy atom. The second kappa shape index (κ2) is 5.11. The van der Waals surface area contributed by atoms with E-state index in [4.69, 9.17) is 4.74 Å². The van der Waals surface area contributed by atoms with Crippen LogP contribution in [-0.2, 0) is 6.61 Å². The Labute approximate surface area is 112 Å². The van der Waals surface area contributed by atoms with E-state index in [9.17, 15) is 0 Å². The lowest BCUT2D eigenvalue weighted by Crippen LogP contribution is -1.97. The number of aryl methyl sites for hydroxylation is 1. The zero-order chi connectivity index (χ0) is 13.1. The number of nitrogens with zero attached hydrogens (tertiary/aromatic N) is 1. The van der Waals surface area contributed by atoms with Gasteiger partial charge in [-0.2, -0.15) is 0 Å². The zero-order valence-electron chi connectivity index (χ0n) is 10.8. The topological polar surface area (TPSA) is 22.1 Å². The molecule has 0 aliphatic heterocycles. The van der Waals surface area contributed by atoms with E-state index >= 15 is 0 Å². The van der Waals surface area contributed by atoms with Gasteiger partial charge in [-0.25, -0.2) is 0 Å². The number of ether oxygens (including phenoxy) is 1. The van der Waals surface area contributed by atoms with Crippen LogP contribution in [0.1, 0.15) is 11.1 Å². The van der Waals surface area contributed by atoms with Crippen LogP contribution in [0.4, 0.5) is 0 Å². The second-order valence-corrected chi connectivity index (χ2v) is 4.59. The van der Waals surface area contributed by atoms with Crippen LogP contribution in [-0.4, -0.2) is 4.98 Å². The number of para-hydroxylation sites is 1. The fourth-order valence-corrected chi connectivity index (χ4v) is 2.15. The zero-order valence-corrected chi connectivity index (χ0v) is 10.8. The van der Waals surface area contributed by atoms with Gasteiger partial charge in [-0.05, 0) is 36.8 Å². The summed E-state index contributed by atoms with van der Waals surface area (Å²) in [6.45, 7) is 2.63. The summed E-state index contributed by atoms with van der Waals surface area (Å²) < 4.78 is 5.85. The molecule has 0 aliphatic rings. The average Bonchev–Trinajstić information content (AvgIpc) is 2.45. The Bertz CT molecular complexity index is 701. The number of aromatic nitrogens is 1. The Morgan fingerprint density at radius 3 is 2.79 bits per heavy atom. The van der Waals surface area contributed by atoms with Crippen molar-refractivity contribution >= 4 is 10.9 Å². The maximum Gasteiger partial charge on any atom is 0.120 e. The minimum atomic E-state index is 0.562. The Morgan fingerprint density at radius 1 is 1.00 bits per heavy atom. The molecule has 1 aromatic heterocycles. The summed E-state index contributed by atoms with van der Waals surface area (Å²) in [5.74, 6) is 0.904. The first-order chi connectivity index (χ1) is 9.33. The molecule has 0 fully saturated rings. The lowest BCUT2D eigenvalue weighted by Gasteiger charge is -2.09. The number of hydrogen-bond donors (Lipinski definition) is 0. The van der Waals surface area contributed by atoms with E-state index in [1.54, 1.807) is 0 Å². The van der Waals surface area contributed by atoms with Crippen molar-refractivity contribution in [3.63, 3.8) is 0 Å². The van der Waals surface area contributed by atoms with Gasteiger partial charge in [0.25, 0.3) is 0 Å². The molecule has 2 heteroatoms. The molecule has 0 unspecified atom stereocenters. The third kappa shape index (κ3) is 2.58. The summed E-state index contributed by atoms with van der Waals surface area (Å²) in [4.78, 5) is 4.36. The molecule has 1 heterocycles. The molecule has 0 radical (unpaired) electrons. The van der Waals surface area contributed by atoms with Gasteiger partial charge in [-0.15, -0.1) is 0 Å². The third-order valence-corrected chi connectivity index (χ3v) is 3.12. The van der Waals surface area contributed by atoms with Gasteiger partial charge >= 0.3 is 0 Å². The Kier molecular flexibility index (Phi) is 3.15. The number of benzene rings is 2. The van der Waals surface area contributed by atoms with E-state index in [0.717, 1.165) is 22.2 Å². The molecule has 0 saturated carbocycles. The van der Waals surface area contributed by atoms with E-state index in [1.807, 2.05) is 48.7 Å². The van der Waals surface area contributed by atoms with Gasteiger partial charge in [-0.3, -0.25) is 4.98 Å². The second-order valence-electron chi connectivity index (χ2n) is 4.59. The Hall–Kier alpha value is -2.35. The van der Waals surface area contributed by atoms with Crippen molar-refractivity contribution in [2.45, 2.75) is 13.5 Å². The van der Waals surface area contributed by atoms with Crippen LogP contribution in [0.2, 0.25) is 0 Å². The summed E-state index contributed by atoms with van der Waals surface area (Å²) in [5, 5.41) is 1.15. The number of hydrogen-bond acceptors (Lipinski definition) is 2. The monoisotopic (exact) mass is 249 g/mol. The maximum atomic E-state index is 5.85. The van der Waals surface area contributed by atoms with Gasteiger partial charge in [0, 0.05) is 17.1 Å². The van der Waals surface area contributed by atoms with E-state index in [2.05, 4.69) is 24.0 Å². The van der Waals surface area contributed by atoms with Crippen LogP contribution >= 0.6 is 0 Å². The average molecular weight is 249 g/mol. The molecule has 0 saturated heterocycles. The number of fused-ring (bicyclic) bond motifs is 1. The number of pyridine rings is 1. The molecule has 3 aromatic rings. The predicted octanol–water partition coefficient (Wildman–Crippen LogP) is 4.12. The van der Waals surface area contributed by atoms with Gasteiger partial charge in [-0.1, -0.05) is 30.3 Å². The standard InChI is InChI=1S/C17H15NO/c1-13-5-4-6-15(11-13)19-12-14-9-10-18-17-8-3-2-7-16(14)17/h2-11H,12H2,1H3. The van der Waals surface area contributed by atoms with Crippen LogP contribution in [0, 0.1) is 6.92 Å². The van der Waals surface area contributed by atoms with Crippen LogP contribution < -0.4 is 4.74 Å². The molecule has 0 aliphatic carbocycles. The van der Waals surface area contributed by atoms with Crippen LogP contribution in [0.15, 0.2) is 60.8 Å². The van der Waals surface area contributed by atoms with E-state index < -0.39 is 0 Å². The largest absolute Gasteiger partial charge is 0.489 e. The minimum absolute atomic E-state index is 0.562. The maximum absolute atomic E-state index is 5.85. The lowest BCUT2D eigenvalue weighted by molar-refractivity contribution is 0.307. The van der Waals surface area contributed by atoms with E-state index in [0.29, 0.717) is 6.61 Å². The molecule has 0 N–H and O–H groups in total. The quantitative estimate of drug-likeness (QED) is 0.696. The summed E-state index contributed by atoms with van der Waals surface area (Å²) in [5.41, 5.74) is 3.37. The highest BCUT2D eigenvalue weighted by Gasteiger charge is 2.02. The molecule has 0 bridgehead atoms. The van der Waals surface area contributed by atoms with Crippen LogP contribution in [0.25, 0.3) is 10.9 Å². The SMILES string of the molecule is Cc1cccc(OCc2ccnc3ccccc23)c1. The highest BCUT2D eigenvalue weighted by Crippen LogP contribution is 2.19. The van der Waals surface area contributed by atoms with Crippen molar-refractivity contribution < 1.29 is 4.74 Å². The van der Waals surface area contributed by atoms with Crippen LogP contribution in [0.3, 0.4) is 0 Å². The fourth-order valence-electron chi connectivity index (χ4n) is 2.15. The van der Waals surface area contributed by atoms with Gasteiger partial charge < -0.3 is 4.74 Å². The molecular weight excluding hydrogens is 234 g/mol.